The molecule has 5 nitrogen and oxygen atoms in total. The molecular formula is C18H26N2O3. The number of nitrogens with zero attached hydrogens (tertiary/aromatic N) is 2. The molecule has 2 amide bonds. The summed E-state index contributed by atoms with van der Waals surface area (Å²) in [6.07, 6.45) is 3.66. The predicted octanol–water partition coefficient (Wildman–Crippen LogP) is 2.25. The number of carbonyl (C=O) groups is 1. The maximum absolute atomic E-state index is 12.9. The normalized spacial score (nSPS) is 20.5. The summed E-state index contributed by atoms with van der Waals surface area (Å²) in [5, 5.41) is 10.7. The molecule has 126 valence electrons. The van der Waals surface area contributed by atoms with Gasteiger partial charge in [0.2, 0.25) is 0 Å². The second-order valence-electron chi connectivity index (χ2n) is 6.66. The van der Waals surface area contributed by atoms with E-state index in [-0.39, 0.29) is 6.03 Å². The molecule has 0 atom stereocenters. The van der Waals surface area contributed by atoms with Gasteiger partial charge >= 0.3 is 6.03 Å². The third-order valence-corrected chi connectivity index (χ3v) is 4.79. The topological polar surface area (TPSA) is 53.0 Å². The first-order valence-electron chi connectivity index (χ1n) is 8.54. The van der Waals surface area contributed by atoms with Gasteiger partial charge in [-0.05, 0) is 18.4 Å². The Morgan fingerprint density at radius 1 is 1.17 bits per heavy atom. The van der Waals surface area contributed by atoms with Crippen LogP contribution in [0.15, 0.2) is 30.3 Å². The fraction of sp³-hybridized carbons (Fsp3) is 0.611. The van der Waals surface area contributed by atoms with Gasteiger partial charge in [-0.3, -0.25) is 0 Å². The number of ether oxygens (including phenoxy) is 1. The van der Waals surface area contributed by atoms with E-state index in [1.54, 1.807) is 0 Å². The molecule has 23 heavy (non-hydrogen) atoms. The molecule has 1 aromatic rings. The summed E-state index contributed by atoms with van der Waals surface area (Å²) in [6.45, 7) is 3.40. The van der Waals surface area contributed by atoms with Crippen LogP contribution in [0.2, 0.25) is 0 Å². The van der Waals surface area contributed by atoms with Crippen molar-refractivity contribution in [2.45, 2.75) is 37.8 Å². The van der Waals surface area contributed by atoms with Crippen molar-refractivity contribution in [2.75, 3.05) is 32.8 Å². The number of rotatable bonds is 4. The van der Waals surface area contributed by atoms with Crippen molar-refractivity contribution in [3.63, 3.8) is 0 Å². The Balaban J connectivity index is 1.73. The first-order chi connectivity index (χ1) is 11.2. The van der Waals surface area contributed by atoms with Crippen LogP contribution in [-0.4, -0.2) is 59.4 Å². The molecule has 1 aromatic carbocycles. The summed E-state index contributed by atoms with van der Waals surface area (Å²) in [6, 6.07) is 10.0. The van der Waals surface area contributed by atoms with E-state index in [4.69, 9.17) is 4.74 Å². The number of hydrogen-bond acceptors (Lipinski definition) is 3. The molecule has 1 saturated carbocycles. The van der Waals surface area contributed by atoms with E-state index in [0.29, 0.717) is 39.4 Å². The number of carbonyl (C=O) groups excluding carboxylic acids is 1. The molecule has 2 fully saturated rings. The summed E-state index contributed by atoms with van der Waals surface area (Å²) < 4.78 is 5.34. The van der Waals surface area contributed by atoms with Crippen molar-refractivity contribution in [3.8, 4) is 0 Å². The van der Waals surface area contributed by atoms with Gasteiger partial charge in [0.25, 0.3) is 0 Å². The Morgan fingerprint density at radius 3 is 2.48 bits per heavy atom. The van der Waals surface area contributed by atoms with E-state index in [1.165, 1.54) is 0 Å². The van der Waals surface area contributed by atoms with Crippen molar-refractivity contribution in [3.05, 3.63) is 35.9 Å². The second-order valence-corrected chi connectivity index (χ2v) is 6.66. The molecule has 2 aliphatic rings. The van der Waals surface area contributed by atoms with Crippen LogP contribution in [0.1, 0.15) is 31.2 Å². The van der Waals surface area contributed by atoms with Gasteiger partial charge in [-0.25, -0.2) is 4.79 Å². The van der Waals surface area contributed by atoms with Gasteiger partial charge in [0, 0.05) is 19.6 Å². The van der Waals surface area contributed by atoms with Crippen LogP contribution >= 0.6 is 0 Å². The summed E-state index contributed by atoms with van der Waals surface area (Å²) >= 11 is 0. The zero-order chi connectivity index (χ0) is 16.1. The quantitative estimate of drug-likeness (QED) is 0.926. The Kier molecular flexibility index (Phi) is 5.18. The molecule has 1 aliphatic carbocycles. The molecule has 1 N–H and O–H groups in total. The van der Waals surface area contributed by atoms with Crippen LogP contribution < -0.4 is 0 Å². The number of aliphatic hydroxyl groups is 1. The van der Waals surface area contributed by atoms with E-state index in [1.807, 2.05) is 40.1 Å². The molecule has 0 bridgehead atoms. The van der Waals surface area contributed by atoms with Crippen LogP contribution in [0.5, 0.6) is 0 Å². The number of urea groups is 1. The number of amides is 2. The van der Waals surface area contributed by atoms with E-state index in [9.17, 15) is 9.90 Å². The van der Waals surface area contributed by atoms with Crippen LogP contribution in [0, 0.1) is 0 Å². The lowest BCUT2D eigenvalue weighted by Gasteiger charge is -2.36. The Labute approximate surface area is 137 Å². The summed E-state index contributed by atoms with van der Waals surface area (Å²) in [5.74, 6) is 0. The molecule has 1 heterocycles. The number of morpholine rings is 1. The number of hydrogen-bond donors (Lipinski definition) is 1. The van der Waals surface area contributed by atoms with Crippen molar-refractivity contribution in [1.29, 1.82) is 0 Å². The van der Waals surface area contributed by atoms with Gasteiger partial charge in [-0.2, -0.15) is 0 Å². The first kappa shape index (κ1) is 16.3. The SMILES string of the molecule is O=C(N1CCOCC1)N(Cc1ccccc1)CC1(O)CCCC1. The monoisotopic (exact) mass is 318 g/mol. The van der Waals surface area contributed by atoms with Gasteiger partial charge in [0.1, 0.15) is 0 Å². The minimum absolute atomic E-state index is 0.0116. The maximum atomic E-state index is 12.9. The van der Waals surface area contributed by atoms with Gasteiger partial charge in [0.15, 0.2) is 0 Å². The first-order valence-corrected chi connectivity index (χ1v) is 8.54. The molecular weight excluding hydrogens is 292 g/mol. The average molecular weight is 318 g/mol. The van der Waals surface area contributed by atoms with E-state index >= 15 is 0 Å². The number of benzene rings is 1. The zero-order valence-corrected chi connectivity index (χ0v) is 13.6. The van der Waals surface area contributed by atoms with Crippen LogP contribution in [0.3, 0.4) is 0 Å². The highest BCUT2D eigenvalue weighted by Crippen LogP contribution is 2.31. The van der Waals surface area contributed by atoms with Gasteiger partial charge in [-0.15, -0.1) is 0 Å². The fourth-order valence-corrected chi connectivity index (χ4v) is 3.50. The fourth-order valence-electron chi connectivity index (χ4n) is 3.50. The van der Waals surface area contributed by atoms with Crippen LogP contribution in [-0.2, 0) is 11.3 Å². The van der Waals surface area contributed by atoms with Gasteiger partial charge in [-0.1, -0.05) is 43.2 Å². The molecule has 1 saturated heterocycles. The summed E-state index contributed by atoms with van der Waals surface area (Å²) in [4.78, 5) is 16.6. The molecule has 3 rings (SSSR count). The minimum atomic E-state index is -0.725. The summed E-state index contributed by atoms with van der Waals surface area (Å²) in [5.41, 5.74) is 0.368. The highest BCUT2D eigenvalue weighted by molar-refractivity contribution is 5.74. The van der Waals surface area contributed by atoms with Crippen molar-refractivity contribution in [1.82, 2.24) is 9.80 Å². The predicted molar refractivity (Wildman–Crippen MR) is 88.1 cm³/mol. The third kappa shape index (κ3) is 4.24. The lowest BCUT2D eigenvalue weighted by atomic mass is 10.0. The highest BCUT2D eigenvalue weighted by Gasteiger charge is 2.36. The van der Waals surface area contributed by atoms with Crippen LogP contribution in [0.25, 0.3) is 0 Å². The van der Waals surface area contributed by atoms with Crippen LogP contribution in [0.4, 0.5) is 4.79 Å². The molecule has 0 aromatic heterocycles. The highest BCUT2D eigenvalue weighted by atomic mass is 16.5. The van der Waals surface area contributed by atoms with E-state index in [2.05, 4.69) is 0 Å². The van der Waals surface area contributed by atoms with E-state index < -0.39 is 5.60 Å². The molecule has 0 radical (unpaired) electrons. The molecule has 0 spiro atoms. The molecule has 0 unspecified atom stereocenters. The van der Waals surface area contributed by atoms with Crippen molar-refractivity contribution < 1.29 is 14.6 Å². The Bertz CT molecular complexity index is 508. The average Bonchev–Trinajstić information content (AvgIpc) is 3.02. The minimum Gasteiger partial charge on any atom is -0.388 e. The second kappa shape index (κ2) is 7.32. The summed E-state index contributed by atoms with van der Waals surface area (Å²) in [7, 11) is 0. The van der Waals surface area contributed by atoms with E-state index in [0.717, 1.165) is 31.2 Å². The Hall–Kier alpha value is -1.59. The van der Waals surface area contributed by atoms with Gasteiger partial charge < -0.3 is 19.6 Å². The van der Waals surface area contributed by atoms with Crippen molar-refractivity contribution >= 4 is 6.03 Å². The standard InChI is InChI=1S/C18H26N2O3/c21-17(19-10-12-23-13-11-19)20(14-16-6-2-1-3-7-16)15-18(22)8-4-5-9-18/h1-3,6-7,22H,4-5,8-15H2. The Morgan fingerprint density at radius 2 is 1.83 bits per heavy atom. The lowest BCUT2D eigenvalue weighted by molar-refractivity contribution is 0.00282. The van der Waals surface area contributed by atoms with Gasteiger partial charge in [0.05, 0.1) is 25.4 Å². The molecule has 5 heteroatoms. The molecule has 1 aliphatic heterocycles. The maximum Gasteiger partial charge on any atom is 0.320 e. The zero-order valence-electron chi connectivity index (χ0n) is 13.6. The third-order valence-electron chi connectivity index (χ3n) is 4.79. The lowest BCUT2D eigenvalue weighted by Crippen LogP contribution is -2.52. The van der Waals surface area contributed by atoms with Crippen molar-refractivity contribution in [2.24, 2.45) is 0 Å². The largest absolute Gasteiger partial charge is 0.388 e. The smallest absolute Gasteiger partial charge is 0.320 e.